The number of rotatable bonds is 5. The lowest BCUT2D eigenvalue weighted by Gasteiger charge is -2.20. The Morgan fingerprint density at radius 1 is 0.667 bits per heavy atom. The van der Waals surface area contributed by atoms with Gasteiger partial charge in [-0.15, -0.1) is 11.3 Å². The fourth-order valence-electron chi connectivity index (χ4n) is 5.20. The van der Waals surface area contributed by atoms with E-state index >= 15 is 0 Å². The standard InChI is InChI=1S/C29H29N3S/c1-5-31(4)18-8-10-20-22-12-15-25-23(28(22)30-26(20)16-18)13-14-24-21-11-9-19(32(6-2)7-3)17-27(21)33-29(24)25/h8-17,30H,5-7H2,1-4H3. The van der Waals surface area contributed by atoms with Crippen molar-refractivity contribution >= 4 is 75.5 Å². The van der Waals surface area contributed by atoms with Gasteiger partial charge in [0.25, 0.3) is 0 Å². The second-order valence-electron chi connectivity index (χ2n) is 8.85. The highest BCUT2D eigenvalue weighted by Crippen LogP contribution is 2.42. The van der Waals surface area contributed by atoms with Crippen LogP contribution in [0.5, 0.6) is 0 Å². The van der Waals surface area contributed by atoms with E-state index in [0.29, 0.717) is 0 Å². The summed E-state index contributed by atoms with van der Waals surface area (Å²) < 4.78 is 2.75. The molecule has 0 amide bonds. The number of hydrogen-bond donors (Lipinski definition) is 1. The van der Waals surface area contributed by atoms with Crippen LogP contribution in [0.3, 0.4) is 0 Å². The number of thiophene rings is 1. The first-order valence-electron chi connectivity index (χ1n) is 11.9. The number of nitrogens with zero attached hydrogens (tertiary/aromatic N) is 2. The normalized spacial score (nSPS) is 12.0. The number of aromatic amines is 1. The quantitative estimate of drug-likeness (QED) is 0.286. The van der Waals surface area contributed by atoms with Gasteiger partial charge in [-0.1, -0.05) is 36.4 Å². The molecule has 0 saturated heterocycles. The molecule has 4 aromatic carbocycles. The van der Waals surface area contributed by atoms with Crippen molar-refractivity contribution in [3.05, 3.63) is 60.7 Å². The number of fused-ring (bicyclic) bond motifs is 9. The zero-order valence-corrected chi connectivity index (χ0v) is 20.5. The summed E-state index contributed by atoms with van der Waals surface area (Å²) >= 11 is 1.92. The summed E-state index contributed by atoms with van der Waals surface area (Å²) in [5.74, 6) is 0. The first-order chi connectivity index (χ1) is 16.1. The van der Waals surface area contributed by atoms with E-state index in [1.54, 1.807) is 0 Å². The molecule has 0 saturated carbocycles. The Balaban J connectivity index is 1.59. The fourth-order valence-corrected chi connectivity index (χ4v) is 6.46. The zero-order valence-electron chi connectivity index (χ0n) is 19.7. The molecule has 4 heteroatoms. The molecule has 3 nitrogen and oxygen atoms in total. The summed E-state index contributed by atoms with van der Waals surface area (Å²) in [6.45, 7) is 9.69. The van der Waals surface area contributed by atoms with Crippen molar-refractivity contribution in [3.63, 3.8) is 0 Å². The third-order valence-electron chi connectivity index (χ3n) is 7.22. The van der Waals surface area contributed by atoms with E-state index < -0.39 is 0 Å². The third-order valence-corrected chi connectivity index (χ3v) is 8.42. The van der Waals surface area contributed by atoms with Crippen LogP contribution < -0.4 is 9.80 Å². The first-order valence-corrected chi connectivity index (χ1v) is 12.7. The Bertz CT molecular complexity index is 1650. The fraction of sp³-hybridized carbons (Fsp3) is 0.241. The van der Waals surface area contributed by atoms with Crippen molar-refractivity contribution in [2.24, 2.45) is 0 Å². The zero-order chi connectivity index (χ0) is 22.7. The predicted octanol–water partition coefficient (Wildman–Crippen LogP) is 8.14. The molecule has 0 fully saturated rings. The highest BCUT2D eigenvalue weighted by molar-refractivity contribution is 7.26. The van der Waals surface area contributed by atoms with Crippen LogP contribution in [0, 0.1) is 0 Å². The van der Waals surface area contributed by atoms with Gasteiger partial charge in [0, 0.05) is 85.3 Å². The predicted molar refractivity (Wildman–Crippen MR) is 149 cm³/mol. The molecule has 6 aromatic rings. The Morgan fingerprint density at radius 2 is 1.27 bits per heavy atom. The van der Waals surface area contributed by atoms with E-state index in [9.17, 15) is 0 Å². The number of nitrogens with one attached hydrogen (secondary N) is 1. The minimum absolute atomic E-state index is 0.995. The summed E-state index contributed by atoms with van der Waals surface area (Å²) in [4.78, 5) is 8.44. The number of hydrogen-bond acceptors (Lipinski definition) is 3. The smallest absolute Gasteiger partial charge is 0.0545 e. The molecule has 0 bridgehead atoms. The minimum Gasteiger partial charge on any atom is -0.375 e. The Hall–Kier alpha value is -3.24. The maximum atomic E-state index is 3.75. The SMILES string of the molecule is CCN(C)c1ccc2c(c1)[nH]c1c2ccc2c1ccc1c3ccc(N(CC)CC)cc3sc12. The highest BCUT2D eigenvalue weighted by atomic mass is 32.1. The van der Waals surface area contributed by atoms with Gasteiger partial charge in [0.05, 0.1) is 5.52 Å². The van der Waals surface area contributed by atoms with Gasteiger partial charge in [0.2, 0.25) is 0 Å². The Labute approximate surface area is 198 Å². The van der Waals surface area contributed by atoms with E-state index in [1.165, 1.54) is 64.1 Å². The van der Waals surface area contributed by atoms with E-state index in [-0.39, 0.29) is 0 Å². The van der Waals surface area contributed by atoms with Crippen molar-refractivity contribution in [1.82, 2.24) is 4.98 Å². The lowest BCUT2D eigenvalue weighted by atomic mass is 10.0. The van der Waals surface area contributed by atoms with E-state index in [4.69, 9.17) is 0 Å². The van der Waals surface area contributed by atoms with Crippen LogP contribution in [-0.2, 0) is 0 Å². The molecule has 2 heterocycles. The lowest BCUT2D eigenvalue weighted by molar-refractivity contribution is 0.867. The Kier molecular flexibility index (Phi) is 4.73. The summed E-state index contributed by atoms with van der Waals surface area (Å²) in [7, 11) is 2.14. The molecule has 0 aliphatic carbocycles. The summed E-state index contributed by atoms with van der Waals surface area (Å²) in [5.41, 5.74) is 5.00. The summed E-state index contributed by atoms with van der Waals surface area (Å²) in [5, 5.41) is 7.95. The van der Waals surface area contributed by atoms with Crippen molar-refractivity contribution in [1.29, 1.82) is 0 Å². The molecule has 0 atom stereocenters. The number of benzene rings is 4. The van der Waals surface area contributed by atoms with Crippen LogP contribution in [0.15, 0.2) is 60.7 Å². The maximum Gasteiger partial charge on any atom is 0.0545 e. The molecule has 33 heavy (non-hydrogen) atoms. The maximum absolute atomic E-state index is 3.75. The highest BCUT2D eigenvalue weighted by Gasteiger charge is 2.14. The topological polar surface area (TPSA) is 22.3 Å². The largest absolute Gasteiger partial charge is 0.375 e. The van der Waals surface area contributed by atoms with Crippen LogP contribution in [0.25, 0.3) is 52.8 Å². The van der Waals surface area contributed by atoms with Crippen molar-refractivity contribution in [2.75, 3.05) is 36.5 Å². The monoisotopic (exact) mass is 451 g/mol. The van der Waals surface area contributed by atoms with E-state index in [2.05, 4.69) is 103 Å². The summed E-state index contributed by atoms with van der Waals surface area (Å²) in [6.07, 6.45) is 0. The van der Waals surface area contributed by atoms with Gasteiger partial charge < -0.3 is 14.8 Å². The Morgan fingerprint density at radius 3 is 2.00 bits per heavy atom. The van der Waals surface area contributed by atoms with Crippen molar-refractivity contribution in [2.45, 2.75) is 20.8 Å². The van der Waals surface area contributed by atoms with Crippen LogP contribution in [-0.4, -0.2) is 31.7 Å². The second kappa shape index (κ2) is 7.67. The van der Waals surface area contributed by atoms with E-state index in [0.717, 1.165) is 19.6 Å². The van der Waals surface area contributed by atoms with Gasteiger partial charge in [-0.2, -0.15) is 0 Å². The van der Waals surface area contributed by atoms with Crippen LogP contribution in [0.1, 0.15) is 20.8 Å². The van der Waals surface area contributed by atoms with Gasteiger partial charge in [0.15, 0.2) is 0 Å². The third kappa shape index (κ3) is 3.01. The number of anilines is 2. The van der Waals surface area contributed by atoms with Gasteiger partial charge >= 0.3 is 0 Å². The first kappa shape index (κ1) is 20.4. The average Bonchev–Trinajstić information content (AvgIpc) is 3.41. The minimum atomic E-state index is 0.995. The molecule has 6 rings (SSSR count). The summed E-state index contributed by atoms with van der Waals surface area (Å²) in [6, 6.07) is 22.9. The van der Waals surface area contributed by atoms with Gasteiger partial charge in [-0.25, -0.2) is 0 Å². The lowest BCUT2D eigenvalue weighted by Crippen LogP contribution is -2.21. The molecular formula is C29H29N3S. The van der Waals surface area contributed by atoms with Crippen molar-refractivity contribution < 1.29 is 0 Å². The molecular weight excluding hydrogens is 422 g/mol. The molecule has 0 spiro atoms. The number of aromatic nitrogens is 1. The van der Waals surface area contributed by atoms with Crippen molar-refractivity contribution in [3.8, 4) is 0 Å². The van der Waals surface area contributed by atoms with Crippen LogP contribution >= 0.6 is 11.3 Å². The molecule has 0 unspecified atom stereocenters. The van der Waals surface area contributed by atoms with Gasteiger partial charge in [0.1, 0.15) is 0 Å². The van der Waals surface area contributed by atoms with Gasteiger partial charge in [-0.3, -0.25) is 0 Å². The average molecular weight is 452 g/mol. The number of H-pyrrole nitrogens is 1. The van der Waals surface area contributed by atoms with Gasteiger partial charge in [-0.05, 0) is 45.0 Å². The van der Waals surface area contributed by atoms with Crippen LogP contribution in [0.4, 0.5) is 11.4 Å². The molecule has 1 N–H and O–H groups in total. The van der Waals surface area contributed by atoms with E-state index in [1.807, 2.05) is 11.3 Å². The molecule has 2 aromatic heterocycles. The molecule has 0 aliphatic heterocycles. The molecule has 0 aliphatic rings. The molecule has 0 radical (unpaired) electrons. The van der Waals surface area contributed by atoms with Crippen LogP contribution in [0.2, 0.25) is 0 Å². The molecule has 166 valence electrons. The second-order valence-corrected chi connectivity index (χ2v) is 9.90.